The fourth-order valence-electron chi connectivity index (χ4n) is 1.26. The van der Waals surface area contributed by atoms with Crippen molar-refractivity contribution in [1.82, 2.24) is 0 Å². The van der Waals surface area contributed by atoms with Gasteiger partial charge in [0.1, 0.15) is 11.7 Å². The Labute approximate surface area is 78.3 Å². The molecule has 0 aliphatic heterocycles. The van der Waals surface area contributed by atoms with E-state index in [1.54, 1.807) is 12.1 Å². The van der Waals surface area contributed by atoms with Gasteiger partial charge in [0, 0.05) is 12.1 Å². The van der Waals surface area contributed by atoms with Crippen molar-refractivity contribution in [2.24, 2.45) is 0 Å². The minimum Gasteiger partial charge on any atom is -0.445 e. The topological polar surface area (TPSA) is 80.1 Å². The van der Waals surface area contributed by atoms with Crippen molar-refractivity contribution < 1.29 is 9.34 Å². The summed E-state index contributed by atoms with van der Waals surface area (Å²) in [6.45, 7) is 0. The molecule has 1 heterocycles. The molecule has 14 heavy (non-hydrogen) atoms. The first-order chi connectivity index (χ1) is 6.72. The Kier molecular flexibility index (Phi) is 1.68. The number of furan rings is 1. The molecule has 0 unspecified atom stereocenters. The quantitative estimate of drug-likeness (QED) is 0.507. The van der Waals surface area contributed by atoms with Crippen molar-refractivity contribution in [1.29, 1.82) is 5.26 Å². The molecule has 68 valence electrons. The summed E-state index contributed by atoms with van der Waals surface area (Å²) in [5, 5.41) is 19.5. The van der Waals surface area contributed by atoms with E-state index in [2.05, 4.69) is 0 Å². The molecule has 5 heteroatoms. The van der Waals surface area contributed by atoms with E-state index in [1.165, 1.54) is 18.2 Å². The first kappa shape index (κ1) is 8.26. The van der Waals surface area contributed by atoms with Gasteiger partial charge in [-0.25, -0.2) is 0 Å². The number of nitriles is 1. The normalized spacial score (nSPS) is 9.93. The van der Waals surface area contributed by atoms with Crippen LogP contribution in [0.2, 0.25) is 0 Å². The summed E-state index contributed by atoms with van der Waals surface area (Å²) >= 11 is 0. The van der Waals surface area contributed by atoms with E-state index in [0.717, 1.165) is 0 Å². The summed E-state index contributed by atoms with van der Waals surface area (Å²) in [7, 11) is 0. The highest BCUT2D eigenvalue weighted by atomic mass is 16.6. The Morgan fingerprint density at radius 1 is 1.50 bits per heavy atom. The van der Waals surface area contributed by atoms with Crippen LogP contribution in [0.4, 0.5) is 5.69 Å². The molecule has 0 amide bonds. The van der Waals surface area contributed by atoms with Gasteiger partial charge >= 0.3 is 0 Å². The largest absolute Gasteiger partial charge is 0.445 e. The highest BCUT2D eigenvalue weighted by molar-refractivity contribution is 5.87. The standard InChI is InChI=1S/C9H4N2O3/c10-5-6-4-7-8(11(12)13)2-1-3-9(7)14-6/h1-4H. The second kappa shape index (κ2) is 2.85. The van der Waals surface area contributed by atoms with E-state index in [0.29, 0.717) is 11.0 Å². The molecular weight excluding hydrogens is 184 g/mol. The molecule has 0 atom stereocenters. The third-order valence-electron chi connectivity index (χ3n) is 1.85. The van der Waals surface area contributed by atoms with E-state index in [1.807, 2.05) is 0 Å². The maximum absolute atomic E-state index is 10.6. The summed E-state index contributed by atoms with van der Waals surface area (Å²) in [6.07, 6.45) is 0. The number of rotatable bonds is 1. The van der Waals surface area contributed by atoms with E-state index in [4.69, 9.17) is 9.68 Å². The van der Waals surface area contributed by atoms with Crippen LogP contribution in [0.5, 0.6) is 0 Å². The summed E-state index contributed by atoms with van der Waals surface area (Å²) in [6, 6.07) is 7.64. The van der Waals surface area contributed by atoms with Crippen molar-refractivity contribution >= 4 is 16.7 Å². The molecule has 0 N–H and O–H groups in total. The molecule has 0 radical (unpaired) electrons. The van der Waals surface area contributed by atoms with Gasteiger partial charge in [-0.05, 0) is 6.07 Å². The first-order valence-corrected chi connectivity index (χ1v) is 3.79. The van der Waals surface area contributed by atoms with E-state index in [-0.39, 0.29) is 11.4 Å². The summed E-state index contributed by atoms with van der Waals surface area (Å²) < 4.78 is 5.04. The van der Waals surface area contributed by atoms with Gasteiger partial charge in [-0.15, -0.1) is 0 Å². The summed E-state index contributed by atoms with van der Waals surface area (Å²) in [4.78, 5) is 10.1. The molecule has 1 aromatic heterocycles. The van der Waals surface area contributed by atoms with Crippen molar-refractivity contribution in [3.63, 3.8) is 0 Å². The van der Waals surface area contributed by atoms with Crippen LogP contribution in [-0.4, -0.2) is 4.92 Å². The van der Waals surface area contributed by atoms with Gasteiger partial charge in [0.25, 0.3) is 5.69 Å². The maximum Gasteiger partial charge on any atom is 0.280 e. The number of fused-ring (bicyclic) bond motifs is 1. The van der Waals surface area contributed by atoms with Crippen molar-refractivity contribution in [3.05, 3.63) is 40.1 Å². The average molecular weight is 188 g/mol. The Morgan fingerprint density at radius 2 is 2.29 bits per heavy atom. The monoisotopic (exact) mass is 188 g/mol. The van der Waals surface area contributed by atoms with Crippen LogP contribution < -0.4 is 0 Å². The number of non-ortho nitro benzene ring substituents is 1. The molecule has 0 saturated carbocycles. The average Bonchev–Trinajstić information content (AvgIpc) is 2.59. The van der Waals surface area contributed by atoms with Crippen LogP contribution in [-0.2, 0) is 0 Å². The number of nitro groups is 1. The number of hydrogen-bond donors (Lipinski definition) is 0. The zero-order valence-electron chi connectivity index (χ0n) is 6.93. The molecule has 0 saturated heterocycles. The smallest absolute Gasteiger partial charge is 0.280 e. The highest BCUT2D eigenvalue weighted by Gasteiger charge is 2.14. The Hall–Kier alpha value is -2.35. The third-order valence-corrected chi connectivity index (χ3v) is 1.85. The summed E-state index contributed by atoms with van der Waals surface area (Å²) in [5.41, 5.74) is 0.309. The van der Waals surface area contributed by atoms with Crippen LogP contribution in [0.1, 0.15) is 5.76 Å². The SMILES string of the molecule is N#Cc1cc2c([N+](=O)[O-])cccc2o1. The van der Waals surface area contributed by atoms with Gasteiger partial charge in [-0.3, -0.25) is 10.1 Å². The Morgan fingerprint density at radius 3 is 2.93 bits per heavy atom. The van der Waals surface area contributed by atoms with Gasteiger partial charge in [0.2, 0.25) is 5.76 Å². The zero-order valence-corrected chi connectivity index (χ0v) is 6.93. The molecule has 0 bridgehead atoms. The number of nitro benzene ring substituents is 1. The van der Waals surface area contributed by atoms with Gasteiger partial charge in [-0.1, -0.05) is 6.07 Å². The third kappa shape index (κ3) is 1.10. The lowest BCUT2D eigenvalue weighted by Crippen LogP contribution is -1.86. The molecule has 5 nitrogen and oxygen atoms in total. The van der Waals surface area contributed by atoms with E-state index in [9.17, 15) is 10.1 Å². The number of nitrogens with zero attached hydrogens (tertiary/aromatic N) is 2. The van der Waals surface area contributed by atoms with Gasteiger partial charge in [0.05, 0.1) is 10.3 Å². The van der Waals surface area contributed by atoms with Gasteiger partial charge in [0.15, 0.2) is 0 Å². The zero-order chi connectivity index (χ0) is 10.1. The Balaban J connectivity index is 2.81. The van der Waals surface area contributed by atoms with Gasteiger partial charge < -0.3 is 4.42 Å². The lowest BCUT2D eigenvalue weighted by Gasteiger charge is -1.90. The lowest BCUT2D eigenvalue weighted by molar-refractivity contribution is -0.383. The maximum atomic E-state index is 10.6. The van der Waals surface area contributed by atoms with Crippen molar-refractivity contribution in [2.45, 2.75) is 0 Å². The predicted octanol–water partition coefficient (Wildman–Crippen LogP) is 2.21. The van der Waals surface area contributed by atoms with Gasteiger partial charge in [-0.2, -0.15) is 5.26 Å². The molecule has 0 fully saturated rings. The summed E-state index contributed by atoms with van der Waals surface area (Å²) in [5.74, 6) is 0.0781. The molecule has 0 spiro atoms. The molecular formula is C9H4N2O3. The molecule has 0 aliphatic carbocycles. The molecule has 0 aliphatic rings. The van der Waals surface area contributed by atoms with Crippen LogP contribution >= 0.6 is 0 Å². The molecule has 2 aromatic rings. The second-order valence-electron chi connectivity index (χ2n) is 2.67. The fraction of sp³-hybridized carbons (Fsp3) is 0. The van der Waals surface area contributed by atoms with Crippen molar-refractivity contribution in [3.8, 4) is 6.07 Å². The second-order valence-corrected chi connectivity index (χ2v) is 2.67. The number of hydrogen-bond acceptors (Lipinski definition) is 4. The van der Waals surface area contributed by atoms with Crippen LogP contribution in [0.3, 0.4) is 0 Å². The molecule has 1 aromatic carbocycles. The van der Waals surface area contributed by atoms with Crippen LogP contribution in [0, 0.1) is 21.4 Å². The number of benzene rings is 1. The first-order valence-electron chi connectivity index (χ1n) is 3.79. The predicted molar refractivity (Wildman–Crippen MR) is 47.6 cm³/mol. The van der Waals surface area contributed by atoms with E-state index < -0.39 is 4.92 Å². The van der Waals surface area contributed by atoms with Crippen LogP contribution in [0.25, 0.3) is 11.0 Å². The minimum atomic E-state index is -0.501. The minimum absolute atomic E-state index is 0.0484. The fourth-order valence-corrected chi connectivity index (χ4v) is 1.26. The Bertz CT molecular complexity index is 551. The van der Waals surface area contributed by atoms with E-state index >= 15 is 0 Å². The highest BCUT2D eigenvalue weighted by Crippen LogP contribution is 2.27. The molecule has 2 rings (SSSR count). The van der Waals surface area contributed by atoms with Crippen molar-refractivity contribution in [2.75, 3.05) is 0 Å². The lowest BCUT2D eigenvalue weighted by atomic mass is 10.2. The van der Waals surface area contributed by atoms with Crippen LogP contribution in [0.15, 0.2) is 28.7 Å².